The zero-order valence-electron chi connectivity index (χ0n) is 19.6. The van der Waals surface area contributed by atoms with Crippen molar-refractivity contribution in [2.45, 2.75) is 25.4 Å². The number of amides is 3. The van der Waals surface area contributed by atoms with Crippen molar-refractivity contribution in [3.8, 4) is 33.5 Å². The van der Waals surface area contributed by atoms with Crippen LogP contribution in [0.4, 0.5) is 0 Å². The molecule has 0 aliphatic carbocycles. The molecule has 178 valence electrons. The Labute approximate surface area is 207 Å². The van der Waals surface area contributed by atoms with Gasteiger partial charge in [-0.15, -0.1) is 0 Å². The third-order valence-corrected chi connectivity index (χ3v) is 6.93. The number of nitrogens with zero attached hydrogens (tertiary/aromatic N) is 4. The van der Waals surface area contributed by atoms with E-state index in [9.17, 15) is 14.4 Å². The van der Waals surface area contributed by atoms with Gasteiger partial charge in [0, 0.05) is 49.1 Å². The minimum absolute atomic E-state index is 0.177. The minimum Gasteiger partial charge on any atom is -0.322 e. The Morgan fingerprint density at radius 2 is 1.67 bits per heavy atom. The Morgan fingerprint density at radius 1 is 0.889 bits per heavy atom. The van der Waals surface area contributed by atoms with Crippen LogP contribution in [0.2, 0.25) is 0 Å². The van der Waals surface area contributed by atoms with E-state index in [1.54, 1.807) is 11.1 Å². The smallest absolute Gasteiger partial charge is 0.255 e. The molecule has 0 bridgehead atoms. The van der Waals surface area contributed by atoms with Crippen molar-refractivity contribution in [2.24, 2.45) is 7.05 Å². The molecule has 3 amide bonds. The number of carbonyl (C=O) groups is 3. The number of pyridine rings is 1. The minimum atomic E-state index is -0.627. The Balaban J connectivity index is 1.31. The van der Waals surface area contributed by atoms with E-state index in [1.807, 2.05) is 54.5 Å². The number of aromatic nitrogens is 3. The van der Waals surface area contributed by atoms with Crippen molar-refractivity contribution >= 4 is 17.7 Å². The number of piperidine rings is 1. The summed E-state index contributed by atoms with van der Waals surface area (Å²) in [7, 11) is 1.91. The summed E-state index contributed by atoms with van der Waals surface area (Å²) in [6.07, 6.45) is 6.02. The molecule has 2 aromatic carbocycles. The van der Waals surface area contributed by atoms with Gasteiger partial charge >= 0.3 is 0 Å². The van der Waals surface area contributed by atoms with Crippen molar-refractivity contribution in [3.05, 3.63) is 84.3 Å². The fraction of sp³-hybridized carbons (Fsp3) is 0.179. The summed E-state index contributed by atoms with van der Waals surface area (Å²) < 4.78 is 1.85. The fourth-order valence-corrected chi connectivity index (χ4v) is 5.09. The highest BCUT2D eigenvalue weighted by Gasteiger charge is 2.39. The summed E-state index contributed by atoms with van der Waals surface area (Å²) in [6.45, 7) is 0.337. The molecule has 1 unspecified atom stereocenters. The number of fused-ring (bicyclic) bond motifs is 1. The lowest BCUT2D eigenvalue weighted by Gasteiger charge is -2.29. The van der Waals surface area contributed by atoms with E-state index in [0.717, 1.165) is 39.1 Å². The Bertz CT molecular complexity index is 1510. The quantitative estimate of drug-likeness (QED) is 0.453. The number of hydrogen-bond donors (Lipinski definition) is 1. The van der Waals surface area contributed by atoms with Crippen molar-refractivity contribution in [1.82, 2.24) is 25.0 Å². The molecule has 0 spiro atoms. The standard InChI is InChI=1S/C28H23N5O3/c1-32-26(18-6-4-17(5-7-18)20-3-2-12-29-14-20)23(15-30-32)19-8-9-22-21(13-19)16-33(28(22)36)24-10-11-25(34)31-27(24)35/h2-9,12-15,24H,10-11,16H2,1H3,(H,31,34,35). The highest BCUT2D eigenvalue weighted by Crippen LogP contribution is 2.36. The molecule has 6 rings (SSSR count). The first kappa shape index (κ1) is 21.9. The van der Waals surface area contributed by atoms with Crippen LogP contribution in [0.3, 0.4) is 0 Å². The Kier molecular flexibility index (Phi) is 5.21. The van der Waals surface area contributed by atoms with Gasteiger partial charge < -0.3 is 4.90 Å². The van der Waals surface area contributed by atoms with Gasteiger partial charge in [0.25, 0.3) is 5.91 Å². The van der Waals surface area contributed by atoms with E-state index in [4.69, 9.17) is 0 Å². The van der Waals surface area contributed by atoms with E-state index < -0.39 is 11.9 Å². The second-order valence-electron chi connectivity index (χ2n) is 9.12. The van der Waals surface area contributed by atoms with Gasteiger partial charge in [0.1, 0.15) is 6.04 Å². The normalized spacial score (nSPS) is 17.3. The predicted octanol–water partition coefficient (Wildman–Crippen LogP) is 3.58. The van der Waals surface area contributed by atoms with Gasteiger partial charge in [-0.05, 0) is 46.9 Å². The molecule has 2 aliphatic heterocycles. The third-order valence-electron chi connectivity index (χ3n) is 6.93. The second-order valence-corrected chi connectivity index (χ2v) is 9.12. The largest absolute Gasteiger partial charge is 0.322 e. The van der Waals surface area contributed by atoms with Crippen LogP contribution in [0.25, 0.3) is 33.5 Å². The van der Waals surface area contributed by atoms with Crippen LogP contribution in [0.5, 0.6) is 0 Å². The van der Waals surface area contributed by atoms with E-state index >= 15 is 0 Å². The molecule has 8 heteroatoms. The summed E-state index contributed by atoms with van der Waals surface area (Å²) in [5.41, 5.74) is 7.50. The molecular weight excluding hydrogens is 454 g/mol. The maximum absolute atomic E-state index is 13.1. The molecule has 0 radical (unpaired) electrons. The zero-order valence-corrected chi connectivity index (χ0v) is 19.6. The van der Waals surface area contributed by atoms with Crippen LogP contribution < -0.4 is 5.32 Å². The van der Waals surface area contributed by atoms with Gasteiger partial charge in [-0.25, -0.2) is 0 Å². The highest BCUT2D eigenvalue weighted by atomic mass is 16.2. The molecule has 36 heavy (non-hydrogen) atoms. The summed E-state index contributed by atoms with van der Waals surface area (Å²) in [4.78, 5) is 42.7. The molecule has 4 aromatic rings. The van der Waals surface area contributed by atoms with Crippen LogP contribution in [-0.2, 0) is 23.2 Å². The highest BCUT2D eigenvalue weighted by molar-refractivity contribution is 6.05. The van der Waals surface area contributed by atoms with Gasteiger partial charge in [0.05, 0.1) is 11.9 Å². The van der Waals surface area contributed by atoms with Crippen molar-refractivity contribution in [2.75, 3.05) is 0 Å². The summed E-state index contributed by atoms with van der Waals surface area (Å²) in [5.74, 6) is -0.874. The lowest BCUT2D eigenvalue weighted by Crippen LogP contribution is -2.52. The molecule has 1 saturated heterocycles. The fourth-order valence-electron chi connectivity index (χ4n) is 5.09. The molecule has 4 heterocycles. The van der Waals surface area contributed by atoms with E-state index in [-0.39, 0.29) is 18.2 Å². The predicted molar refractivity (Wildman–Crippen MR) is 133 cm³/mol. The SMILES string of the molecule is Cn1ncc(-c2ccc3c(c2)CN(C2CCC(=O)NC2=O)C3=O)c1-c1ccc(-c2cccnc2)cc1. The van der Waals surface area contributed by atoms with Crippen LogP contribution in [0, 0.1) is 0 Å². The zero-order chi connectivity index (χ0) is 24.8. The van der Waals surface area contributed by atoms with Crippen LogP contribution in [0.15, 0.2) is 73.2 Å². The van der Waals surface area contributed by atoms with Crippen molar-refractivity contribution in [3.63, 3.8) is 0 Å². The topological polar surface area (TPSA) is 97.2 Å². The Hall–Kier alpha value is -4.59. The number of hydrogen-bond acceptors (Lipinski definition) is 5. The first-order valence-electron chi connectivity index (χ1n) is 11.8. The summed E-state index contributed by atoms with van der Waals surface area (Å²) >= 11 is 0. The summed E-state index contributed by atoms with van der Waals surface area (Å²) in [5, 5.41) is 6.86. The van der Waals surface area contributed by atoms with Gasteiger partial charge in [-0.1, -0.05) is 36.4 Å². The number of rotatable bonds is 4. The number of carbonyl (C=O) groups excluding carboxylic acids is 3. The number of imide groups is 1. The molecule has 1 fully saturated rings. The number of aryl methyl sites for hydroxylation is 1. The monoisotopic (exact) mass is 477 g/mol. The molecule has 1 atom stereocenters. The third kappa shape index (κ3) is 3.67. The average Bonchev–Trinajstić information content (AvgIpc) is 3.44. The van der Waals surface area contributed by atoms with Crippen molar-refractivity contribution < 1.29 is 14.4 Å². The molecule has 2 aromatic heterocycles. The molecule has 2 aliphatic rings. The van der Waals surface area contributed by atoms with E-state index in [2.05, 4.69) is 39.7 Å². The number of nitrogens with one attached hydrogen (secondary N) is 1. The molecular formula is C28H23N5O3. The second kappa shape index (κ2) is 8.57. The average molecular weight is 478 g/mol. The first-order chi connectivity index (χ1) is 17.5. The number of benzene rings is 2. The molecule has 8 nitrogen and oxygen atoms in total. The van der Waals surface area contributed by atoms with E-state index in [0.29, 0.717) is 18.5 Å². The first-order valence-corrected chi connectivity index (χ1v) is 11.8. The van der Waals surface area contributed by atoms with E-state index in [1.165, 1.54) is 0 Å². The lowest BCUT2D eigenvalue weighted by atomic mass is 9.97. The van der Waals surface area contributed by atoms with Gasteiger partial charge in [-0.2, -0.15) is 5.10 Å². The maximum atomic E-state index is 13.1. The lowest BCUT2D eigenvalue weighted by molar-refractivity contribution is -0.136. The van der Waals surface area contributed by atoms with Gasteiger partial charge in [0.2, 0.25) is 11.8 Å². The van der Waals surface area contributed by atoms with Crippen LogP contribution in [-0.4, -0.2) is 43.4 Å². The maximum Gasteiger partial charge on any atom is 0.255 e. The molecule has 0 saturated carbocycles. The van der Waals surface area contributed by atoms with Gasteiger partial charge in [-0.3, -0.25) is 29.4 Å². The summed E-state index contributed by atoms with van der Waals surface area (Å²) in [6, 6.07) is 17.4. The van der Waals surface area contributed by atoms with Crippen LogP contribution >= 0.6 is 0 Å². The molecule has 1 N–H and O–H groups in total. The van der Waals surface area contributed by atoms with Crippen molar-refractivity contribution in [1.29, 1.82) is 0 Å². The Morgan fingerprint density at radius 3 is 2.42 bits per heavy atom. The van der Waals surface area contributed by atoms with Gasteiger partial charge in [0.15, 0.2) is 0 Å². The van der Waals surface area contributed by atoms with Crippen LogP contribution in [0.1, 0.15) is 28.8 Å².